The summed E-state index contributed by atoms with van der Waals surface area (Å²) in [5.41, 5.74) is 0. The lowest BCUT2D eigenvalue weighted by atomic mass is 9.98. The van der Waals surface area contributed by atoms with Gasteiger partial charge in [-0.25, -0.2) is 4.79 Å². The van der Waals surface area contributed by atoms with E-state index in [4.69, 9.17) is 23.7 Å². The topological polar surface area (TPSA) is 175 Å². The van der Waals surface area contributed by atoms with E-state index >= 15 is 0 Å². The first kappa shape index (κ1) is 62.4. The van der Waals surface area contributed by atoms with Crippen molar-refractivity contribution in [3.8, 4) is 0 Å². The summed E-state index contributed by atoms with van der Waals surface area (Å²) in [5, 5.41) is 31.3. The minimum atomic E-state index is -1.94. The van der Waals surface area contributed by atoms with Gasteiger partial charge in [0.05, 0.1) is 6.61 Å². The van der Waals surface area contributed by atoms with Gasteiger partial charge in [-0.15, -0.1) is 0 Å². The molecule has 0 bridgehead atoms. The summed E-state index contributed by atoms with van der Waals surface area (Å²) < 4.78 is 28.1. The van der Waals surface area contributed by atoms with Gasteiger partial charge in [-0.1, -0.05) is 162 Å². The number of aliphatic hydroxyl groups excluding tert-OH is 2. The van der Waals surface area contributed by atoms with Gasteiger partial charge in [0.25, 0.3) is 0 Å². The lowest BCUT2D eigenvalue weighted by molar-refractivity contribution is -0.301. The van der Waals surface area contributed by atoms with Crippen molar-refractivity contribution in [3.63, 3.8) is 0 Å². The molecular formula is C57H88O12. The van der Waals surface area contributed by atoms with Crippen molar-refractivity contribution < 1.29 is 58.2 Å². The Morgan fingerprint density at radius 1 is 0.493 bits per heavy atom. The second kappa shape index (κ2) is 44.6. The van der Waals surface area contributed by atoms with Crippen molar-refractivity contribution in [3.05, 3.63) is 109 Å². The Hall–Kier alpha value is -4.62. The monoisotopic (exact) mass is 965 g/mol. The Morgan fingerprint density at radius 2 is 0.942 bits per heavy atom. The van der Waals surface area contributed by atoms with Crippen molar-refractivity contribution in [1.29, 1.82) is 0 Å². The van der Waals surface area contributed by atoms with Gasteiger partial charge < -0.3 is 39.0 Å². The number of carbonyl (C=O) groups excluding carboxylic acids is 3. The highest BCUT2D eigenvalue weighted by atomic mass is 16.7. The van der Waals surface area contributed by atoms with E-state index in [1.54, 1.807) is 0 Å². The van der Waals surface area contributed by atoms with E-state index in [0.717, 1.165) is 109 Å². The number of carbonyl (C=O) groups is 4. The number of unbranched alkanes of at least 4 members (excludes halogenated alkanes) is 9. The van der Waals surface area contributed by atoms with Crippen LogP contribution in [0.2, 0.25) is 0 Å². The molecular weight excluding hydrogens is 877 g/mol. The van der Waals surface area contributed by atoms with Gasteiger partial charge in [-0.05, 0) is 103 Å². The molecule has 1 fully saturated rings. The third kappa shape index (κ3) is 35.2. The second-order valence-corrected chi connectivity index (χ2v) is 17.0. The maximum Gasteiger partial charge on any atom is 0.335 e. The summed E-state index contributed by atoms with van der Waals surface area (Å²) in [7, 11) is 0. The maximum atomic E-state index is 13.1. The van der Waals surface area contributed by atoms with Crippen molar-refractivity contribution in [1.82, 2.24) is 0 Å². The summed E-state index contributed by atoms with van der Waals surface area (Å²) in [6.07, 6.45) is 46.7. The smallest absolute Gasteiger partial charge is 0.335 e. The SMILES string of the molecule is CC/C=C\C/C=C\C/C=C\C/C=C\CCC(=O)OC1C(OCC(COC(=O)CCCCC/C=C\C/C=C\C/C=C\CC)OC(=O)CCCCCCC/C=C\C/C=C\CCC)OC(C(=O)O)C(O)C1O. The van der Waals surface area contributed by atoms with Crippen LogP contribution in [0.1, 0.15) is 175 Å². The van der Waals surface area contributed by atoms with Gasteiger partial charge in [-0.2, -0.15) is 0 Å². The summed E-state index contributed by atoms with van der Waals surface area (Å²) >= 11 is 0. The zero-order valence-corrected chi connectivity index (χ0v) is 42.3. The summed E-state index contributed by atoms with van der Waals surface area (Å²) in [6, 6.07) is 0. The van der Waals surface area contributed by atoms with Crippen LogP contribution < -0.4 is 0 Å². The number of hydrogen-bond donors (Lipinski definition) is 3. The van der Waals surface area contributed by atoms with E-state index in [-0.39, 0.29) is 25.9 Å². The third-order valence-electron chi connectivity index (χ3n) is 10.8. The van der Waals surface area contributed by atoms with Crippen molar-refractivity contribution in [2.75, 3.05) is 13.2 Å². The molecule has 1 aliphatic rings. The molecule has 0 aliphatic carbocycles. The molecule has 1 saturated heterocycles. The Kier molecular flexibility index (Phi) is 40.3. The van der Waals surface area contributed by atoms with E-state index in [9.17, 15) is 34.5 Å². The van der Waals surface area contributed by atoms with Crippen LogP contribution in [-0.2, 0) is 42.9 Å². The molecule has 1 aliphatic heterocycles. The number of aliphatic hydroxyl groups is 2. The molecule has 0 aromatic rings. The second-order valence-electron chi connectivity index (χ2n) is 17.0. The van der Waals surface area contributed by atoms with E-state index in [2.05, 4.69) is 112 Å². The zero-order chi connectivity index (χ0) is 50.4. The number of esters is 3. The summed E-state index contributed by atoms with van der Waals surface area (Å²) in [5.74, 6) is -3.31. The van der Waals surface area contributed by atoms with Gasteiger partial charge in [0.15, 0.2) is 24.6 Å². The molecule has 0 spiro atoms. The number of allylic oxidation sites excluding steroid dienone is 18. The molecule has 1 rings (SSSR count). The van der Waals surface area contributed by atoms with Gasteiger partial charge in [0.2, 0.25) is 0 Å². The molecule has 69 heavy (non-hydrogen) atoms. The molecule has 6 atom stereocenters. The van der Waals surface area contributed by atoms with E-state index in [1.807, 2.05) is 18.2 Å². The fourth-order valence-corrected chi connectivity index (χ4v) is 6.90. The molecule has 0 amide bonds. The van der Waals surface area contributed by atoms with Crippen LogP contribution in [0.15, 0.2) is 109 Å². The Morgan fingerprint density at radius 3 is 1.46 bits per heavy atom. The summed E-state index contributed by atoms with van der Waals surface area (Å²) in [4.78, 5) is 50.8. The number of rotatable bonds is 41. The van der Waals surface area contributed by atoms with Crippen LogP contribution in [0.4, 0.5) is 0 Å². The van der Waals surface area contributed by atoms with Gasteiger partial charge in [0, 0.05) is 19.3 Å². The fourth-order valence-electron chi connectivity index (χ4n) is 6.90. The van der Waals surface area contributed by atoms with E-state index in [1.165, 1.54) is 0 Å². The van der Waals surface area contributed by atoms with E-state index in [0.29, 0.717) is 25.7 Å². The van der Waals surface area contributed by atoms with Crippen LogP contribution in [-0.4, -0.2) is 89.2 Å². The molecule has 0 aromatic carbocycles. The first-order valence-electron chi connectivity index (χ1n) is 25.9. The lowest BCUT2D eigenvalue weighted by Crippen LogP contribution is -2.61. The largest absolute Gasteiger partial charge is 0.479 e. The summed E-state index contributed by atoms with van der Waals surface area (Å²) in [6.45, 7) is 5.58. The molecule has 1 heterocycles. The Balaban J connectivity index is 2.82. The molecule has 0 saturated carbocycles. The van der Waals surface area contributed by atoms with Gasteiger partial charge in [0.1, 0.15) is 18.8 Å². The van der Waals surface area contributed by atoms with Crippen molar-refractivity contribution in [2.24, 2.45) is 0 Å². The fraction of sp³-hybridized carbons (Fsp3) is 0.614. The predicted octanol–water partition coefficient (Wildman–Crippen LogP) is 12.3. The molecule has 0 radical (unpaired) electrons. The Bertz CT molecular complexity index is 1620. The third-order valence-corrected chi connectivity index (χ3v) is 10.8. The van der Waals surface area contributed by atoms with Crippen LogP contribution in [0.5, 0.6) is 0 Å². The van der Waals surface area contributed by atoms with Gasteiger partial charge >= 0.3 is 23.9 Å². The highest BCUT2D eigenvalue weighted by molar-refractivity contribution is 5.74. The van der Waals surface area contributed by atoms with Crippen LogP contribution in [0, 0.1) is 0 Å². The standard InChI is InChI=1S/C57H88O12/c1-4-7-10-13-16-19-22-25-28-31-34-37-40-43-49(58)65-46-48(67-50(59)44-41-38-35-32-29-26-23-20-17-14-11-8-5-2)47-66-57-55(53(62)52(61)54(69-57)56(63)64)68-51(60)45-42-39-36-33-30-27-24-21-18-15-12-9-6-3/h7,9-12,14,16,18-21,23,25,27-28,30,36,39,48,52-55,57,61-62H,4-6,8,13,15,17,22,24,26,29,31-35,37-38,40-47H2,1-3H3,(H,63,64)/b10-7-,12-9-,14-11-,19-16-,21-18-,23-20-,28-25-,30-27-,39-36-. The molecule has 388 valence electrons. The van der Waals surface area contributed by atoms with E-state index < -0.39 is 67.3 Å². The van der Waals surface area contributed by atoms with Crippen molar-refractivity contribution >= 4 is 23.9 Å². The first-order chi connectivity index (χ1) is 33.6. The predicted molar refractivity (Wildman–Crippen MR) is 275 cm³/mol. The first-order valence-corrected chi connectivity index (χ1v) is 25.9. The number of ether oxygens (including phenoxy) is 5. The molecule has 3 N–H and O–H groups in total. The minimum Gasteiger partial charge on any atom is -0.479 e. The van der Waals surface area contributed by atoms with Crippen LogP contribution in [0.25, 0.3) is 0 Å². The lowest BCUT2D eigenvalue weighted by Gasteiger charge is -2.40. The Labute approximate surface area is 415 Å². The maximum absolute atomic E-state index is 13.1. The molecule has 6 unspecified atom stereocenters. The number of aliphatic carboxylic acids is 1. The minimum absolute atomic E-state index is 0.0708. The molecule has 12 nitrogen and oxygen atoms in total. The van der Waals surface area contributed by atoms with Crippen LogP contribution in [0.3, 0.4) is 0 Å². The average molecular weight is 965 g/mol. The molecule has 12 heteroatoms. The number of hydrogen-bond acceptors (Lipinski definition) is 11. The van der Waals surface area contributed by atoms with Crippen LogP contribution >= 0.6 is 0 Å². The highest BCUT2D eigenvalue weighted by Crippen LogP contribution is 2.26. The average Bonchev–Trinajstić information content (AvgIpc) is 3.33. The van der Waals surface area contributed by atoms with Gasteiger partial charge in [-0.3, -0.25) is 14.4 Å². The quantitative estimate of drug-likeness (QED) is 0.0229. The number of carboxylic acids is 1. The highest BCUT2D eigenvalue weighted by Gasteiger charge is 2.50. The number of carboxylic acid groups (broad SMARTS) is 1. The zero-order valence-electron chi connectivity index (χ0n) is 42.3. The normalized spacial score (nSPS) is 19.6. The van der Waals surface area contributed by atoms with Crippen molar-refractivity contribution in [2.45, 2.75) is 212 Å². The molecule has 0 aromatic heterocycles.